The number of hydrogen-bond donors (Lipinski definition) is 1. The third-order valence-corrected chi connectivity index (χ3v) is 3.86. The zero-order valence-corrected chi connectivity index (χ0v) is 13.2. The van der Waals surface area contributed by atoms with Crippen molar-refractivity contribution in [3.8, 4) is 5.75 Å². The van der Waals surface area contributed by atoms with Gasteiger partial charge in [0, 0.05) is 6.54 Å². The van der Waals surface area contributed by atoms with Crippen molar-refractivity contribution in [1.29, 1.82) is 0 Å². The maximum atomic E-state index is 5.72. The Balaban J connectivity index is 0.00000200. The first kappa shape index (κ1) is 17.3. The number of ether oxygens (including phenoxy) is 1. The number of nitrogens with one attached hydrogen (secondary N) is 1. The van der Waals surface area contributed by atoms with Crippen LogP contribution in [0.4, 0.5) is 0 Å². The first-order valence-corrected chi connectivity index (χ1v) is 7.42. The van der Waals surface area contributed by atoms with Gasteiger partial charge in [-0.3, -0.25) is 0 Å². The fraction of sp³-hybridized carbons (Fsp3) is 0.625. The summed E-state index contributed by atoms with van der Waals surface area (Å²) < 4.78 is 5.72. The van der Waals surface area contributed by atoms with Crippen LogP contribution in [0.25, 0.3) is 0 Å². The van der Waals surface area contributed by atoms with Crippen molar-refractivity contribution in [1.82, 2.24) is 10.2 Å². The Kier molecular flexibility index (Phi) is 8.67. The van der Waals surface area contributed by atoms with Crippen molar-refractivity contribution in [3.05, 3.63) is 30.3 Å². The average Bonchev–Trinajstić information content (AvgIpc) is 2.47. The predicted octanol–water partition coefficient (Wildman–Crippen LogP) is 2.81. The summed E-state index contributed by atoms with van der Waals surface area (Å²) in [6, 6.07) is 10.0. The highest BCUT2D eigenvalue weighted by Crippen LogP contribution is 2.16. The molecular formula is C16H27ClN2O. The number of likely N-dealkylation sites (N-methyl/N-ethyl adjacent to an activating group) is 1. The van der Waals surface area contributed by atoms with Gasteiger partial charge in [-0.1, -0.05) is 18.2 Å². The molecule has 1 aromatic carbocycles. The molecule has 0 aromatic heterocycles. The smallest absolute Gasteiger partial charge is 0.119 e. The summed E-state index contributed by atoms with van der Waals surface area (Å²) in [4.78, 5) is 2.38. The maximum Gasteiger partial charge on any atom is 0.119 e. The first-order valence-electron chi connectivity index (χ1n) is 7.42. The monoisotopic (exact) mass is 298 g/mol. The van der Waals surface area contributed by atoms with E-state index in [1.54, 1.807) is 0 Å². The van der Waals surface area contributed by atoms with E-state index in [4.69, 9.17) is 4.74 Å². The predicted molar refractivity (Wildman–Crippen MR) is 86.9 cm³/mol. The van der Waals surface area contributed by atoms with Gasteiger partial charge in [-0.05, 0) is 64.0 Å². The molecule has 1 aromatic rings. The van der Waals surface area contributed by atoms with E-state index < -0.39 is 0 Å². The lowest BCUT2D eigenvalue weighted by atomic mass is 9.94. The quantitative estimate of drug-likeness (QED) is 0.838. The molecule has 4 heteroatoms. The molecule has 1 aliphatic heterocycles. The van der Waals surface area contributed by atoms with Gasteiger partial charge in [0.15, 0.2) is 0 Å². The summed E-state index contributed by atoms with van der Waals surface area (Å²) in [5.41, 5.74) is 0. The molecule has 0 spiro atoms. The molecule has 0 radical (unpaired) electrons. The Bertz CT molecular complexity index is 342. The second-order valence-electron chi connectivity index (χ2n) is 5.45. The van der Waals surface area contributed by atoms with Crippen LogP contribution in [0, 0.1) is 5.92 Å². The number of rotatable bonds is 7. The van der Waals surface area contributed by atoms with Gasteiger partial charge in [0.1, 0.15) is 12.4 Å². The van der Waals surface area contributed by atoms with Crippen molar-refractivity contribution in [2.24, 2.45) is 5.92 Å². The molecule has 1 aliphatic rings. The molecule has 0 bridgehead atoms. The second kappa shape index (κ2) is 10.0. The minimum Gasteiger partial charge on any atom is -0.492 e. The Morgan fingerprint density at radius 2 is 1.85 bits per heavy atom. The van der Waals surface area contributed by atoms with Crippen LogP contribution in [0.15, 0.2) is 30.3 Å². The molecule has 0 saturated carbocycles. The molecule has 1 fully saturated rings. The number of hydrogen-bond acceptors (Lipinski definition) is 3. The summed E-state index contributed by atoms with van der Waals surface area (Å²) in [6.07, 6.45) is 4.01. The van der Waals surface area contributed by atoms with Crippen molar-refractivity contribution < 1.29 is 4.74 Å². The highest BCUT2D eigenvalue weighted by Gasteiger charge is 2.13. The molecule has 0 unspecified atom stereocenters. The number of nitrogens with zero attached hydrogens (tertiary/aromatic N) is 1. The van der Waals surface area contributed by atoms with Crippen molar-refractivity contribution in [3.63, 3.8) is 0 Å². The zero-order valence-electron chi connectivity index (χ0n) is 12.4. The Hall–Kier alpha value is -0.770. The van der Waals surface area contributed by atoms with Gasteiger partial charge in [0.25, 0.3) is 0 Å². The van der Waals surface area contributed by atoms with Crippen molar-refractivity contribution in [2.45, 2.75) is 19.3 Å². The van der Waals surface area contributed by atoms with E-state index in [2.05, 4.69) is 17.3 Å². The summed E-state index contributed by atoms with van der Waals surface area (Å²) >= 11 is 0. The third-order valence-electron chi connectivity index (χ3n) is 3.86. The van der Waals surface area contributed by atoms with Crippen molar-refractivity contribution in [2.75, 3.05) is 39.8 Å². The molecule has 2 rings (SSSR count). The molecule has 3 nitrogen and oxygen atoms in total. The number of piperidine rings is 1. The van der Waals surface area contributed by atoms with Gasteiger partial charge in [-0.25, -0.2) is 0 Å². The number of halogens is 1. The van der Waals surface area contributed by atoms with Crippen LogP contribution in [-0.2, 0) is 0 Å². The fourth-order valence-corrected chi connectivity index (χ4v) is 2.52. The van der Waals surface area contributed by atoms with E-state index in [0.717, 1.165) is 24.8 Å². The molecule has 1 N–H and O–H groups in total. The lowest BCUT2D eigenvalue weighted by Crippen LogP contribution is -2.31. The summed E-state index contributed by atoms with van der Waals surface area (Å²) in [5, 5.41) is 3.42. The van der Waals surface area contributed by atoms with E-state index in [-0.39, 0.29) is 12.4 Å². The number of para-hydroxylation sites is 1. The van der Waals surface area contributed by atoms with Crippen LogP contribution in [0.1, 0.15) is 19.3 Å². The van der Waals surface area contributed by atoms with Gasteiger partial charge < -0.3 is 15.0 Å². The Labute approximate surface area is 129 Å². The first-order chi connectivity index (χ1) is 9.34. The van der Waals surface area contributed by atoms with Crippen molar-refractivity contribution >= 4 is 12.4 Å². The molecule has 114 valence electrons. The van der Waals surface area contributed by atoms with Crippen LogP contribution < -0.4 is 10.1 Å². The Morgan fingerprint density at radius 3 is 2.55 bits per heavy atom. The standard InChI is InChI=1S/C16H26N2O.ClH/c1-18(12-9-15-7-10-17-11-8-15)13-14-19-16-5-3-2-4-6-16;/h2-6,15,17H,7-14H2,1H3;1H. The van der Waals surface area contributed by atoms with Crippen LogP contribution in [-0.4, -0.2) is 44.7 Å². The van der Waals surface area contributed by atoms with E-state index in [1.807, 2.05) is 30.3 Å². The summed E-state index contributed by atoms with van der Waals surface area (Å²) in [6.45, 7) is 5.35. The topological polar surface area (TPSA) is 24.5 Å². The molecule has 0 amide bonds. The largest absolute Gasteiger partial charge is 0.492 e. The lowest BCUT2D eigenvalue weighted by molar-refractivity contribution is 0.219. The molecular weight excluding hydrogens is 272 g/mol. The summed E-state index contributed by atoms with van der Waals surface area (Å²) in [7, 11) is 2.19. The molecule has 0 atom stereocenters. The van der Waals surface area contributed by atoms with Crippen LogP contribution in [0.3, 0.4) is 0 Å². The van der Waals surface area contributed by atoms with Gasteiger partial charge in [0.05, 0.1) is 0 Å². The van der Waals surface area contributed by atoms with Gasteiger partial charge in [0.2, 0.25) is 0 Å². The SMILES string of the molecule is CN(CCOc1ccccc1)CCC1CCNCC1.Cl. The minimum atomic E-state index is 0. The van der Waals surface area contributed by atoms with Crippen LogP contribution >= 0.6 is 12.4 Å². The normalized spacial score (nSPS) is 15.9. The molecule has 0 aliphatic carbocycles. The van der Waals surface area contributed by atoms with E-state index in [1.165, 1.54) is 38.9 Å². The van der Waals surface area contributed by atoms with E-state index >= 15 is 0 Å². The molecule has 20 heavy (non-hydrogen) atoms. The zero-order chi connectivity index (χ0) is 13.3. The minimum absolute atomic E-state index is 0. The molecule has 1 saturated heterocycles. The summed E-state index contributed by atoms with van der Waals surface area (Å²) in [5.74, 6) is 1.88. The third kappa shape index (κ3) is 6.60. The maximum absolute atomic E-state index is 5.72. The highest BCUT2D eigenvalue weighted by molar-refractivity contribution is 5.85. The van der Waals surface area contributed by atoms with Gasteiger partial charge in [-0.15, -0.1) is 12.4 Å². The van der Waals surface area contributed by atoms with Gasteiger partial charge in [-0.2, -0.15) is 0 Å². The fourth-order valence-electron chi connectivity index (χ4n) is 2.52. The Morgan fingerprint density at radius 1 is 1.15 bits per heavy atom. The lowest BCUT2D eigenvalue weighted by Gasteiger charge is -2.25. The van der Waals surface area contributed by atoms with E-state index in [0.29, 0.717) is 0 Å². The molecule has 1 heterocycles. The average molecular weight is 299 g/mol. The van der Waals surface area contributed by atoms with E-state index in [9.17, 15) is 0 Å². The second-order valence-corrected chi connectivity index (χ2v) is 5.45. The highest BCUT2D eigenvalue weighted by atomic mass is 35.5. The van der Waals surface area contributed by atoms with Gasteiger partial charge >= 0.3 is 0 Å². The van der Waals surface area contributed by atoms with Crippen LogP contribution in [0.2, 0.25) is 0 Å². The van der Waals surface area contributed by atoms with Crippen LogP contribution in [0.5, 0.6) is 5.75 Å². The number of benzene rings is 1.